The van der Waals surface area contributed by atoms with E-state index in [0.29, 0.717) is 0 Å². The number of nitrogens with zero attached hydrogens (tertiary/aromatic N) is 4. The van der Waals surface area contributed by atoms with Crippen LogP contribution in [0.1, 0.15) is 11.4 Å². The highest BCUT2D eigenvalue weighted by Gasteiger charge is 2.20. The minimum absolute atomic E-state index is 0.783. The Labute approximate surface area is 173 Å². The molecule has 6 nitrogen and oxygen atoms in total. The van der Waals surface area contributed by atoms with E-state index in [2.05, 4.69) is 25.5 Å². The van der Waals surface area contributed by atoms with Crippen LogP contribution in [-0.4, -0.2) is 55.3 Å². The third-order valence-corrected chi connectivity index (χ3v) is 6.77. The number of thiazole rings is 2. The summed E-state index contributed by atoms with van der Waals surface area (Å²) in [5.41, 5.74) is 3.21. The molecule has 3 heterocycles. The summed E-state index contributed by atoms with van der Waals surface area (Å²) in [6, 6.07) is 5.85. The number of hydrogen-bond acceptors (Lipinski definition) is 8. The second-order valence-electron chi connectivity index (χ2n) is 6.74. The molecule has 8 heteroatoms. The lowest BCUT2D eigenvalue weighted by Gasteiger charge is -2.34. The molecule has 0 atom stereocenters. The van der Waals surface area contributed by atoms with Crippen LogP contribution in [0.2, 0.25) is 0 Å². The first kappa shape index (κ1) is 19.2. The van der Waals surface area contributed by atoms with Crippen molar-refractivity contribution < 1.29 is 9.47 Å². The summed E-state index contributed by atoms with van der Waals surface area (Å²) in [6.45, 7) is 6.99. The first-order valence-electron chi connectivity index (χ1n) is 9.22. The van der Waals surface area contributed by atoms with E-state index >= 15 is 0 Å². The Morgan fingerprint density at radius 2 is 1.82 bits per heavy atom. The van der Waals surface area contributed by atoms with Gasteiger partial charge < -0.3 is 14.4 Å². The van der Waals surface area contributed by atoms with Crippen molar-refractivity contribution in [3.8, 4) is 22.1 Å². The maximum atomic E-state index is 5.52. The van der Waals surface area contributed by atoms with Crippen LogP contribution in [0.15, 0.2) is 29.0 Å². The van der Waals surface area contributed by atoms with Crippen LogP contribution >= 0.6 is 22.7 Å². The van der Waals surface area contributed by atoms with Gasteiger partial charge in [-0.1, -0.05) is 0 Å². The molecule has 148 valence electrons. The second kappa shape index (κ2) is 8.46. The molecular weight excluding hydrogens is 392 g/mol. The maximum absolute atomic E-state index is 5.52. The summed E-state index contributed by atoms with van der Waals surface area (Å²) in [4.78, 5) is 14.3. The summed E-state index contributed by atoms with van der Waals surface area (Å²) in [7, 11) is 3.33. The van der Waals surface area contributed by atoms with Gasteiger partial charge in [0.2, 0.25) is 0 Å². The van der Waals surface area contributed by atoms with Gasteiger partial charge in [-0.3, -0.25) is 4.90 Å². The van der Waals surface area contributed by atoms with Gasteiger partial charge in [0.25, 0.3) is 0 Å². The third-order valence-electron chi connectivity index (χ3n) is 4.83. The number of ether oxygens (including phenoxy) is 2. The number of benzene rings is 1. The van der Waals surface area contributed by atoms with Gasteiger partial charge in [-0.15, -0.1) is 22.7 Å². The van der Waals surface area contributed by atoms with Crippen molar-refractivity contribution in [3.05, 3.63) is 40.3 Å². The van der Waals surface area contributed by atoms with Gasteiger partial charge in [0.05, 0.1) is 31.2 Å². The fraction of sp³-hybridized carbons (Fsp3) is 0.400. The van der Waals surface area contributed by atoms with Gasteiger partial charge in [0.1, 0.15) is 16.5 Å². The summed E-state index contributed by atoms with van der Waals surface area (Å²) < 4.78 is 10.8. The molecule has 28 heavy (non-hydrogen) atoms. The molecule has 0 saturated carbocycles. The van der Waals surface area contributed by atoms with Crippen molar-refractivity contribution in [1.82, 2.24) is 14.9 Å². The Balaban J connectivity index is 1.39. The number of anilines is 1. The Bertz CT molecular complexity index is 932. The van der Waals surface area contributed by atoms with Crippen molar-refractivity contribution in [2.24, 2.45) is 0 Å². The molecule has 1 aromatic carbocycles. The molecule has 0 radical (unpaired) electrons. The van der Waals surface area contributed by atoms with Crippen LogP contribution in [0.25, 0.3) is 10.6 Å². The van der Waals surface area contributed by atoms with E-state index in [1.54, 1.807) is 36.9 Å². The van der Waals surface area contributed by atoms with Crippen LogP contribution in [0.4, 0.5) is 5.13 Å². The summed E-state index contributed by atoms with van der Waals surface area (Å²) in [5, 5.41) is 6.38. The first-order chi connectivity index (χ1) is 13.7. The van der Waals surface area contributed by atoms with Crippen molar-refractivity contribution in [1.29, 1.82) is 0 Å². The van der Waals surface area contributed by atoms with Crippen LogP contribution in [0, 0.1) is 6.92 Å². The van der Waals surface area contributed by atoms with Crippen LogP contribution in [0.3, 0.4) is 0 Å². The third kappa shape index (κ3) is 4.14. The first-order valence-corrected chi connectivity index (χ1v) is 11.0. The molecule has 1 fully saturated rings. The Hall–Kier alpha value is -2.16. The Morgan fingerprint density at radius 1 is 1.00 bits per heavy atom. The zero-order valence-corrected chi connectivity index (χ0v) is 18.0. The van der Waals surface area contributed by atoms with Crippen molar-refractivity contribution in [3.63, 3.8) is 0 Å². The molecule has 2 aromatic heterocycles. The largest absolute Gasteiger partial charge is 0.497 e. The normalized spacial score (nSPS) is 15.0. The number of rotatable bonds is 6. The number of hydrogen-bond donors (Lipinski definition) is 0. The molecular formula is C20H24N4O2S2. The predicted molar refractivity (Wildman–Crippen MR) is 115 cm³/mol. The Kier molecular flexibility index (Phi) is 5.79. The monoisotopic (exact) mass is 416 g/mol. The molecule has 0 unspecified atom stereocenters. The van der Waals surface area contributed by atoms with Gasteiger partial charge in [-0.25, -0.2) is 9.97 Å². The van der Waals surface area contributed by atoms with E-state index in [0.717, 1.165) is 71.3 Å². The fourth-order valence-electron chi connectivity index (χ4n) is 3.29. The zero-order chi connectivity index (χ0) is 19.5. The van der Waals surface area contributed by atoms with Crippen molar-refractivity contribution >= 4 is 27.8 Å². The lowest BCUT2D eigenvalue weighted by molar-refractivity contribution is 0.247. The quantitative estimate of drug-likeness (QED) is 0.607. The number of piperazine rings is 1. The van der Waals surface area contributed by atoms with E-state index in [1.807, 2.05) is 25.1 Å². The maximum Gasteiger partial charge on any atom is 0.185 e. The molecule has 1 saturated heterocycles. The summed E-state index contributed by atoms with van der Waals surface area (Å²) in [5.74, 6) is 1.57. The number of aryl methyl sites for hydroxylation is 1. The van der Waals surface area contributed by atoms with E-state index in [1.165, 1.54) is 0 Å². The topological polar surface area (TPSA) is 50.7 Å². The van der Waals surface area contributed by atoms with Crippen LogP contribution in [0.5, 0.6) is 11.5 Å². The van der Waals surface area contributed by atoms with Crippen molar-refractivity contribution in [2.45, 2.75) is 13.5 Å². The van der Waals surface area contributed by atoms with Crippen molar-refractivity contribution in [2.75, 3.05) is 45.3 Å². The highest BCUT2D eigenvalue weighted by atomic mass is 32.1. The molecule has 4 rings (SSSR count). The lowest BCUT2D eigenvalue weighted by Crippen LogP contribution is -2.46. The molecule has 1 aliphatic heterocycles. The minimum Gasteiger partial charge on any atom is -0.497 e. The molecule has 0 spiro atoms. The van der Waals surface area contributed by atoms with Gasteiger partial charge in [0, 0.05) is 49.6 Å². The Morgan fingerprint density at radius 3 is 2.50 bits per heavy atom. The summed E-state index contributed by atoms with van der Waals surface area (Å²) in [6.07, 6.45) is 0. The van der Waals surface area contributed by atoms with Gasteiger partial charge in [-0.05, 0) is 19.1 Å². The standard InChI is InChI=1S/C20H24N4O2S2/c1-14-12-28-20(21-14)24-8-6-23(7-9-24)11-15-13-27-19(22-15)17-5-4-16(25-2)10-18(17)26-3/h4-5,10,12-13H,6-9,11H2,1-3H3. The van der Waals surface area contributed by atoms with Crippen LogP contribution < -0.4 is 14.4 Å². The molecule has 1 aliphatic rings. The van der Waals surface area contributed by atoms with Gasteiger partial charge in [0.15, 0.2) is 5.13 Å². The predicted octanol–water partition coefficient (Wildman–Crippen LogP) is 3.91. The molecule has 0 amide bonds. The van der Waals surface area contributed by atoms with E-state index < -0.39 is 0 Å². The molecule has 3 aromatic rings. The number of aromatic nitrogens is 2. The number of methoxy groups -OCH3 is 2. The van der Waals surface area contributed by atoms with E-state index in [-0.39, 0.29) is 0 Å². The average molecular weight is 417 g/mol. The lowest BCUT2D eigenvalue weighted by atomic mass is 10.2. The highest BCUT2D eigenvalue weighted by molar-refractivity contribution is 7.13. The summed E-state index contributed by atoms with van der Waals surface area (Å²) >= 11 is 3.39. The average Bonchev–Trinajstić information content (AvgIpc) is 3.37. The van der Waals surface area contributed by atoms with Gasteiger partial charge in [-0.2, -0.15) is 0 Å². The SMILES string of the molecule is COc1ccc(-c2nc(CN3CCN(c4nc(C)cs4)CC3)cs2)c(OC)c1. The second-order valence-corrected chi connectivity index (χ2v) is 8.44. The zero-order valence-electron chi connectivity index (χ0n) is 16.3. The van der Waals surface area contributed by atoms with E-state index in [9.17, 15) is 0 Å². The molecule has 0 aliphatic carbocycles. The van der Waals surface area contributed by atoms with Crippen LogP contribution in [-0.2, 0) is 6.54 Å². The fourth-order valence-corrected chi connectivity index (χ4v) is 4.99. The molecule has 0 N–H and O–H groups in total. The highest BCUT2D eigenvalue weighted by Crippen LogP contribution is 2.35. The molecule has 0 bridgehead atoms. The minimum atomic E-state index is 0.783. The smallest absolute Gasteiger partial charge is 0.185 e. The van der Waals surface area contributed by atoms with Gasteiger partial charge >= 0.3 is 0 Å². The van der Waals surface area contributed by atoms with E-state index in [4.69, 9.17) is 14.5 Å².